The van der Waals surface area contributed by atoms with Crippen LogP contribution < -0.4 is 24.4 Å². The van der Waals surface area contributed by atoms with Gasteiger partial charge in [0.15, 0.2) is 6.61 Å². The lowest BCUT2D eigenvalue weighted by Gasteiger charge is -2.30. The quantitative estimate of drug-likeness (QED) is 0.396. The number of carbonyl (C=O) groups excluding carboxylic acids is 2. The van der Waals surface area contributed by atoms with E-state index in [1.165, 1.54) is 0 Å². The number of para-hydroxylation sites is 1. The molecule has 0 fully saturated rings. The molecule has 1 aliphatic heterocycles. The van der Waals surface area contributed by atoms with E-state index >= 15 is 0 Å². The molecule has 0 bridgehead atoms. The first kappa shape index (κ1) is 24.1. The first-order valence-corrected chi connectivity index (χ1v) is 11.8. The standard InChI is InChI=1S/C28H30N2O5/c1-21-8-7-11-24(18-21)33-16-6-5-15-30-25-19-22(12-13-26(25)35-20-28(30)32)29-27(31)14-17-34-23-9-3-2-4-10-23/h2-4,7-13,18-19H,5-6,14-17,20H2,1H3,(H,29,31). The second-order valence-corrected chi connectivity index (χ2v) is 8.35. The maximum absolute atomic E-state index is 12.6. The molecule has 35 heavy (non-hydrogen) atoms. The molecule has 0 aromatic heterocycles. The van der Waals surface area contributed by atoms with Gasteiger partial charge in [-0.05, 0) is 67.8 Å². The molecule has 0 spiro atoms. The zero-order valence-corrected chi connectivity index (χ0v) is 19.9. The van der Waals surface area contributed by atoms with Gasteiger partial charge in [0.1, 0.15) is 17.2 Å². The number of anilines is 2. The van der Waals surface area contributed by atoms with Crippen molar-refractivity contribution in [3.8, 4) is 17.2 Å². The fraction of sp³-hybridized carbons (Fsp3) is 0.286. The van der Waals surface area contributed by atoms with Crippen molar-refractivity contribution >= 4 is 23.2 Å². The van der Waals surface area contributed by atoms with Gasteiger partial charge < -0.3 is 24.4 Å². The Bertz CT molecular complexity index is 1150. The molecule has 0 radical (unpaired) electrons. The van der Waals surface area contributed by atoms with E-state index < -0.39 is 0 Å². The van der Waals surface area contributed by atoms with Gasteiger partial charge in [-0.25, -0.2) is 0 Å². The molecule has 0 aliphatic carbocycles. The molecule has 0 saturated heterocycles. The highest BCUT2D eigenvalue weighted by Gasteiger charge is 2.25. The fourth-order valence-corrected chi connectivity index (χ4v) is 3.79. The number of benzene rings is 3. The largest absolute Gasteiger partial charge is 0.494 e. The topological polar surface area (TPSA) is 77.1 Å². The number of fused-ring (bicyclic) bond motifs is 1. The van der Waals surface area contributed by atoms with Gasteiger partial charge >= 0.3 is 0 Å². The summed E-state index contributed by atoms with van der Waals surface area (Å²) >= 11 is 0. The van der Waals surface area contributed by atoms with E-state index in [-0.39, 0.29) is 31.4 Å². The zero-order valence-electron chi connectivity index (χ0n) is 19.9. The van der Waals surface area contributed by atoms with Crippen LogP contribution in [0.4, 0.5) is 11.4 Å². The second-order valence-electron chi connectivity index (χ2n) is 8.35. The summed E-state index contributed by atoms with van der Waals surface area (Å²) in [5.41, 5.74) is 2.43. The van der Waals surface area contributed by atoms with Crippen LogP contribution in [0.5, 0.6) is 17.2 Å². The van der Waals surface area contributed by atoms with Gasteiger partial charge in [-0.15, -0.1) is 0 Å². The molecule has 1 heterocycles. The predicted octanol–water partition coefficient (Wildman–Crippen LogP) is 4.99. The highest BCUT2D eigenvalue weighted by molar-refractivity contribution is 5.99. The molecule has 0 atom stereocenters. The summed E-state index contributed by atoms with van der Waals surface area (Å²) in [4.78, 5) is 26.7. The first-order chi connectivity index (χ1) is 17.1. The third kappa shape index (κ3) is 6.99. The Morgan fingerprint density at radius 3 is 2.57 bits per heavy atom. The minimum absolute atomic E-state index is 0.00925. The summed E-state index contributed by atoms with van der Waals surface area (Å²) in [6.45, 7) is 3.45. The van der Waals surface area contributed by atoms with Gasteiger partial charge in [0.2, 0.25) is 5.91 Å². The average molecular weight is 475 g/mol. The van der Waals surface area contributed by atoms with Crippen molar-refractivity contribution in [2.45, 2.75) is 26.2 Å². The van der Waals surface area contributed by atoms with Crippen molar-refractivity contribution in [2.75, 3.05) is 36.6 Å². The smallest absolute Gasteiger partial charge is 0.265 e. The van der Waals surface area contributed by atoms with Crippen LogP contribution in [0.1, 0.15) is 24.8 Å². The Balaban J connectivity index is 1.28. The monoisotopic (exact) mass is 474 g/mol. The highest BCUT2D eigenvalue weighted by atomic mass is 16.5. The minimum Gasteiger partial charge on any atom is -0.494 e. The van der Waals surface area contributed by atoms with Crippen LogP contribution in [0, 0.1) is 6.92 Å². The second kappa shape index (κ2) is 11.9. The number of rotatable bonds is 11. The highest BCUT2D eigenvalue weighted by Crippen LogP contribution is 2.34. The lowest BCUT2D eigenvalue weighted by Crippen LogP contribution is -2.39. The van der Waals surface area contributed by atoms with E-state index in [9.17, 15) is 9.59 Å². The van der Waals surface area contributed by atoms with Crippen LogP contribution in [0.3, 0.4) is 0 Å². The zero-order chi connectivity index (χ0) is 24.5. The Morgan fingerprint density at radius 2 is 1.74 bits per heavy atom. The number of amides is 2. The van der Waals surface area contributed by atoms with E-state index in [1.807, 2.05) is 61.5 Å². The van der Waals surface area contributed by atoms with E-state index in [2.05, 4.69) is 5.32 Å². The Kier molecular flexibility index (Phi) is 8.22. The Labute approximate surface area is 205 Å². The maximum Gasteiger partial charge on any atom is 0.265 e. The maximum atomic E-state index is 12.6. The molecule has 3 aromatic carbocycles. The number of nitrogens with zero attached hydrogens (tertiary/aromatic N) is 1. The van der Waals surface area contributed by atoms with Crippen molar-refractivity contribution in [3.05, 3.63) is 78.4 Å². The Hall–Kier alpha value is -4.00. The molecule has 4 rings (SSSR count). The lowest BCUT2D eigenvalue weighted by atomic mass is 10.2. The SMILES string of the molecule is Cc1cccc(OCCCCN2C(=O)COc3ccc(NC(=O)CCOc4ccccc4)cc32)c1. The lowest BCUT2D eigenvalue weighted by molar-refractivity contribution is -0.121. The molecule has 182 valence electrons. The van der Waals surface area contributed by atoms with E-state index in [4.69, 9.17) is 14.2 Å². The molecule has 1 aliphatic rings. The summed E-state index contributed by atoms with van der Waals surface area (Å²) in [6, 6.07) is 22.7. The fourth-order valence-electron chi connectivity index (χ4n) is 3.79. The minimum atomic E-state index is -0.163. The average Bonchev–Trinajstić information content (AvgIpc) is 2.86. The third-order valence-corrected chi connectivity index (χ3v) is 5.56. The first-order valence-electron chi connectivity index (χ1n) is 11.8. The molecule has 2 amide bonds. The van der Waals surface area contributed by atoms with Crippen molar-refractivity contribution in [1.82, 2.24) is 0 Å². The van der Waals surface area contributed by atoms with Gasteiger partial charge in [-0.3, -0.25) is 9.59 Å². The van der Waals surface area contributed by atoms with Gasteiger partial charge in [-0.1, -0.05) is 30.3 Å². The van der Waals surface area contributed by atoms with Crippen molar-refractivity contribution in [3.63, 3.8) is 0 Å². The molecular weight excluding hydrogens is 444 g/mol. The number of hydrogen-bond acceptors (Lipinski definition) is 5. The normalized spacial score (nSPS) is 12.5. The van der Waals surface area contributed by atoms with Crippen molar-refractivity contribution in [2.24, 2.45) is 0 Å². The molecule has 1 N–H and O–H groups in total. The summed E-state index contributed by atoms with van der Waals surface area (Å²) in [5.74, 6) is 1.95. The number of ether oxygens (including phenoxy) is 3. The van der Waals surface area contributed by atoms with Crippen LogP contribution in [-0.4, -0.2) is 38.2 Å². The summed E-state index contributed by atoms with van der Waals surface area (Å²) in [5, 5.41) is 2.88. The third-order valence-electron chi connectivity index (χ3n) is 5.56. The number of nitrogens with one attached hydrogen (secondary N) is 1. The van der Waals surface area contributed by atoms with Crippen LogP contribution in [0.15, 0.2) is 72.8 Å². The molecule has 0 saturated carbocycles. The van der Waals surface area contributed by atoms with Crippen molar-refractivity contribution in [1.29, 1.82) is 0 Å². The van der Waals surface area contributed by atoms with Gasteiger partial charge in [0, 0.05) is 12.2 Å². The molecule has 0 unspecified atom stereocenters. The van der Waals surface area contributed by atoms with Crippen molar-refractivity contribution < 1.29 is 23.8 Å². The molecule has 7 nitrogen and oxygen atoms in total. The summed E-state index contributed by atoms with van der Waals surface area (Å²) < 4.78 is 17.0. The van der Waals surface area contributed by atoms with Crippen LogP contribution in [0.25, 0.3) is 0 Å². The summed E-state index contributed by atoms with van der Waals surface area (Å²) in [7, 11) is 0. The molecular formula is C28H30N2O5. The van der Waals surface area contributed by atoms with E-state index in [0.29, 0.717) is 30.3 Å². The van der Waals surface area contributed by atoms with E-state index in [0.717, 1.165) is 29.9 Å². The van der Waals surface area contributed by atoms with Crippen LogP contribution in [-0.2, 0) is 9.59 Å². The summed E-state index contributed by atoms with van der Waals surface area (Å²) in [6.07, 6.45) is 1.81. The van der Waals surface area contributed by atoms with E-state index in [1.54, 1.807) is 23.1 Å². The Morgan fingerprint density at radius 1 is 0.943 bits per heavy atom. The van der Waals surface area contributed by atoms with Crippen LogP contribution in [0.2, 0.25) is 0 Å². The van der Waals surface area contributed by atoms with Gasteiger partial charge in [0.25, 0.3) is 5.91 Å². The number of hydrogen-bond donors (Lipinski definition) is 1. The molecule has 7 heteroatoms. The van der Waals surface area contributed by atoms with Crippen LogP contribution >= 0.6 is 0 Å². The molecule has 3 aromatic rings. The number of unbranched alkanes of at least 4 members (excludes halogenated alkanes) is 1. The number of carbonyl (C=O) groups is 2. The van der Waals surface area contributed by atoms with Gasteiger partial charge in [0.05, 0.1) is 25.3 Å². The van der Waals surface area contributed by atoms with Gasteiger partial charge in [-0.2, -0.15) is 0 Å². The number of aryl methyl sites for hydroxylation is 1. The predicted molar refractivity (Wildman–Crippen MR) is 135 cm³/mol.